The molecule has 2 aromatic rings. The predicted octanol–water partition coefficient (Wildman–Crippen LogP) is 3.64. The van der Waals surface area contributed by atoms with Crippen molar-refractivity contribution in [3.8, 4) is 5.75 Å². The van der Waals surface area contributed by atoms with Crippen LogP contribution >= 0.6 is 0 Å². The molecule has 0 aliphatic rings. The van der Waals surface area contributed by atoms with Gasteiger partial charge in [-0.1, -0.05) is 12.1 Å². The first-order chi connectivity index (χ1) is 9.61. The van der Waals surface area contributed by atoms with Gasteiger partial charge in [-0.3, -0.25) is 4.98 Å². The molecule has 0 amide bonds. The van der Waals surface area contributed by atoms with Crippen molar-refractivity contribution in [3.05, 3.63) is 59.7 Å². The molecule has 1 aromatic carbocycles. The maximum Gasteiger partial charge on any atom is 0.165 e. The smallest absolute Gasteiger partial charge is 0.165 e. The molecule has 1 heterocycles. The van der Waals surface area contributed by atoms with Crippen molar-refractivity contribution >= 4 is 0 Å². The van der Waals surface area contributed by atoms with Crippen molar-refractivity contribution in [2.45, 2.75) is 25.9 Å². The number of halogens is 1. The molecule has 0 fully saturated rings. The van der Waals surface area contributed by atoms with E-state index in [1.165, 1.54) is 13.2 Å². The van der Waals surface area contributed by atoms with Gasteiger partial charge in [0.05, 0.1) is 7.11 Å². The van der Waals surface area contributed by atoms with Gasteiger partial charge in [-0.15, -0.1) is 0 Å². The number of pyridine rings is 1. The Hall–Kier alpha value is -1.94. The SMILES string of the molecule is COc1cc(C(C)NC(C)c2cccnc2)ccc1F. The van der Waals surface area contributed by atoms with Crippen molar-refractivity contribution in [2.75, 3.05) is 7.11 Å². The van der Waals surface area contributed by atoms with Crippen LogP contribution in [0.1, 0.15) is 37.1 Å². The van der Waals surface area contributed by atoms with E-state index in [2.05, 4.69) is 17.2 Å². The van der Waals surface area contributed by atoms with Crippen molar-refractivity contribution < 1.29 is 9.13 Å². The highest BCUT2D eigenvalue weighted by molar-refractivity contribution is 5.32. The van der Waals surface area contributed by atoms with Crippen LogP contribution in [0.5, 0.6) is 5.75 Å². The van der Waals surface area contributed by atoms with Gasteiger partial charge >= 0.3 is 0 Å². The summed E-state index contributed by atoms with van der Waals surface area (Å²) in [5.74, 6) is -0.0751. The zero-order valence-corrected chi connectivity index (χ0v) is 11.9. The number of nitrogens with zero attached hydrogens (tertiary/aromatic N) is 1. The van der Waals surface area contributed by atoms with Crippen LogP contribution in [0.2, 0.25) is 0 Å². The summed E-state index contributed by atoms with van der Waals surface area (Å²) in [5.41, 5.74) is 2.10. The number of hydrogen-bond acceptors (Lipinski definition) is 3. The van der Waals surface area contributed by atoms with Crippen molar-refractivity contribution in [1.82, 2.24) is 10.3 Å². The first kappa shape index (κ1) is 14.5. The normalized spacial score (nSPS) is 13.8. The van der Waals surface area contributed by atoms with E-state index in [0.717, 1.165) is 11.1 Å². The van der Waals surface area contributed by atoms with Crippen LogP contribution in [0.3, 0.4) is 0 Å². The summed E-state index contributed by atoms with van der Waals surface area (Å²) in [6, 6.07) is 9.12. The molecule has 106 valence electrons. The Morgan fingerprint density at radius 2 is 1.90 bits per heavy atom. The average molecular weight is 274 g/mol. The fourth-order valence-electron chi connectivity index (χ4n) is 2.15. The van der Waals surface area contributed by atoms with E-state index in [1.807, 2.05) is 25.3 Å². The third kappa shape index (κ3) is 3.33. The van der Waals surface area contributed by atoms with E-state index in [1.54, 1.807) is 18.3 Å². The van der Waals surface area contributed by atoms with E-state index < -0.39 is 0 Å². The summed E-state index contributed by atoms with van der Waals surface area (Å²) in [7, 11) is 1.47. The molecule has 0 spiro atoms. The molecule has 0 aliphatic carbocycles. The molecule has 1 N–H and O–H groups in total. The van der Waals surface area contributed by atoms with E-state index >= 15 is 0 Å². The molecule has 20 heavy (non-hydrogen) atoms. The highest BCUT2D eigenvalue weighted by Crippen LogP contribution is 2.24. The molecule has 2 atom stereocenters. The number of benzene rings is 1. The Morgan fingerprint density at radius 3 is 2.55 bits per heavy atom. The van der Waals surface area contributed by atoms with Crippen LogP contribution in [-0.2, 0) is 0 Å². The molecule has 1 aromatic heterocycles. The lowest BCUT2D eigenvalue weighted by atomic mass is 10.0. The highest BCUT2D eigenvalue weighted by atomic mass is 19.1. The predicted molar refractivity (Wildman–Crippen MR) is 77.2 cm³/mol. The number of rotatable bonds is 5. The van der Waals surface area contributed by atoms with E-state index in [-0.39, 0.29) is 23.7 Å². The number of ether oxygens (including phenoxy) is 1. The van der Waals surface area contributed by atoms with Gasteiger partial charge in [0.2, 0.25) is 0 Å². The van der Waals surface area contributed by atoms with Crippen LogP contribution in [0, 0.1) is 5.82 Å². The number of hydrogen-bond donors (Lipinski definition) is 1. The molecule has 2 rings (SSSR count). The summed E-state index contributed by atoms with van der Waals surface area (Å²) < 4.78 is 18.4. The lowest BCUT2D eigenvalue weighted by molar-refractivity contribution is 0.384. The maximum absolute atomic E-state index is 13.4. The Balaban J connectivity index is 2.10. The topological polar surface area (TPSA) is 34.1 Å². The average Bonchev–Trinajstić information content (AvgIpc) is 2.48. The van der Waals surface area contributed by atoms with Crippen LogP contribution in [0.25, 0.3) is 0 Å². The Bertz CT molecular complexity index is 560. The monoisotopic (exact) mass is 274 g/mol. The van der Waals surface area contributed by atoms with Gasteiger partial charge < -0.3 is 10.1 Å². The first-order valence-corrected chi connectivity index (χ1v) is 6.61. The Morgan fingerprint density at radius 1 is 1.15 bits per heavy atom. The van der Waals surface area contributed by atoms with Gasteiger partial charge in [-0.25, -0.2) is 4.39 Å². The van der Waals surface area contributed by atoms with Gasteiger partial charge in [0.25, 0.3) is 0 Å². The molecule has 0 bridgehead atoms. The van der Waals surface area contributed by atoms with Crippen LogP contribution < -0.4 is 10.1 Å². The van der Waals surface area contributed by atoms with Crippen molar-refractivity contribution in [2.24, 2.45) is 0 Å². The lowest BCUT2D eigenvalue weighted by Gasteiger charge is -2.21. The van der Waals surface area contributed by atoms with Gasteiger partial charge in [0.15, 0.2) is 11.6 Å². The molecule has 0 radical (unpaired) electrons. The molecule has 0 saturated carbocycles. The molecule has 4 heteroatoms. The Labute approximate surface area is 118 Å². The first-order valence-electron chi connectivity index (χ1n) is 6.61. The second-order valence-corrected chi connectivity index (χ2v) is 4.79. The molecule has 3 nitrogen and oxygen atoms in total. The van der Waals surface area contributed by atoms with Gasteiger partial charge in [-0.05, 0) is 43.2 Å². The van der Waals surface area contributed by atoms with Gasteiger partial charge in [-0.2, -0.15) is 0 Å². The standard InChI is InChI=1S/C16H19FN2O/c1-11(13-6-7-15(17)16(9-13)20-3)19-12(2)14-5-4-8-18-10-14/h4-12,19H,1-3H3. The molecular weight excluding hydrogens is 255 g/mol. The third-order valence-electron chi connectivity index (χ3n) is 3.36. The third-order valence-corrected chi connectivity index (χ3v) is 3.36. The van der Waals surface area contributed by atoms with Crippen LogP contribution in [0.15, 0.2) is 42.7 Å². The fourth-order valence-corrected chi connectivity index (χ4v) is 2.15. The maximum atomic E-state index is 13.4. The van der Waals surface area contributed by atoms with Crippen LogP contribution in [0.4, 0.5) is 4.39 Å². The second kappa shape index (κ2) is 6.48. The molecule has 2 unspecified atom stereocenters. The Kier molecular flexibility index (Phi) is 4.69. The fraction of sp³-hybridized carbons (Fsp3) is 0.312. The van der Waals surface area contributed by atoms with E-state index in [4.69, 9.17) is 4.74 Å². The van der Waals surface area contributed by atoms with Crippen molar-refractivity contribution in [1.29, 1.82) is 0 Å². The summed E-state index contributed by atoms with van der Waals surface area (Å²) in [6.07, 6.45) is 3.60. The van der Waals surface area contributed by atoms with E-state index in [9.17, 15) is 4.39 Å². The minimum absolute atomic E-state index is 0.0831. The van der Waals surface area contributed by atoms with Crippen LogP contribution in [-0.4, -0.2) is 12.1 Å². The number of aromatic nitrogens is 1. The summed E-state index contributed by atoms with van der Waals surface area (Å²) in [6.45, 7) is 4.12. The number of nitrogens with one attached hydrogen (secondary N) is 1. The second-order valence-electron chi connectivity index (χ2n) is 4.79. The van der Waals surface area contributed by atoms with Gasteiger partial charge in [0, 0.05) is 24.5 Å². The quantitative estimate of drug-likeness (QED) is 0.903. The van der Waals surface area contributed by atoms with Gasteiger partial charge in [0.1, 0.15) is 0 Å². The summed E-state index contributed by atoms with van der Waals surface area (Å²) in [4.78, 5) is 4.12. The largest absolute Gasteiger partial charge is 0.494 e. The summed E-state index contributed by atoms with van der Waals surface area (Å²) >= 11 is 0. The summed E-state index contributed by atoms with van der Waals surface area (Å²) in [5, 5.41) is 3.47. The minimum atomic E-state index is -0.344. The lowest BCUT2D eigenvalue weighted by Crippen LogP contribution is -2.22. The minimum Gasteiger partial charge on any atom is -0.494 e. The number of methoxy groups -OCH3 is 1. The molecule has 0 aliphatic heterocycles. The zero-order chi connectivity index (χ0) is 14.5. The molecular formula is C16H19FN2O. The molecule has 0 saturated heterocycles. The zero-order valence-electron chi connectivity index (χ0n) is 11.9. The van der Waals surface area contributed by atoms with Crippen molar-refractivity contribution in [3.63, 3.8) is 0 Å². The van der Waals surface area contributed by atoms with E-state index in [0.29, 0.717) is 0 Å². The highest BCUT2D eigenvalue weighted by Gasteiger charge is 2.13.